The Bertz CT molecular complexity index is 384. The van der Waals surface area contributed by atoms with Crippen molar-refractivity contribution in [3.8, 4) is 0 Å². The van der Waals surface area contributed by atoms with E-state index < -0.39 is 0 Å². The SMILES string of the molecule is CC(C)N1CCN(c2cc(C=O)ccn2)CC1. The normalized spacial score (nSPS) is 17.5. The van der Waals surface area contributed by atoms with Crippen molar-refractivity contribution in [2.24, 2.45) is 0 Å². The summed E-state index contributed by atoms with van der Waals surface area (Å²) in [6, 6.07) is 4.20. The molecule has 0 amide bonds. The molecule has 1 fully saturated rings. The zero-order chi connectivity index (χ0) is 12.3. The van der Waals surface area contributed by atoms with Crippen LogP contribution in [0.15, 0.2) is 18.3 Å². The number of aldehydes is 1. The summed E-state index contributed by atoms with van der Waals surface area (Å²) >= 11 is 0. The summed E-state index contributed by atoms with van der Waals surface area (Å²) in [5.74, 6) is 0.915. The number of anilines is 1. The summed E-state index contributed by atoms with van der Waals surface area (Å²) in [6.07, 6.45) is 2.57. The number of carbonyl (C=O) groups excluding carboxylic acids is 1. The largest absolute Gasteiger partial charge is 0.354 e. The second-order valence-corrected chi connectivity index (χ2v) is 4.68. The molecule has 1 aromatic rings. The van der Waals surface area contributed by atoms with Crippen molar-refractivity contribution in [3.63, 3.8) is 0 Å². The minimum Gasteiger partial charge on any atom is -0.354 e. The zero-order valence-corrected chi connectivity index (χ0v) is 10.5. The van der Waals surface area contributed by atoms with Crippen LogP contribution < -0.4 is 4.90 Å². The summed E-state index contributed by atoms with van der Waals surface area (Å²) in [5, 5.41) is 0. The molecule has 1 aliphatic heterocycles. The molecule has 0 aromatic carbocycles. The average Bonchev–Trinajstić information content (AvgIpc) is 2.39. The van der Waals surface area contributed by atoms with Gasteiger partial charge in [-0.15, -0.1) is 0 Å². The Labute approximate surface area is 102 Å². The van der Waals surface area contributed by atoms with E-state index in [0.29, 0.717) is 11.6 Å². The lowest BCUT2D eigenvalue weighted by atomic mass is 10.2. The lowest BCUT2D eigenvalue weighted by molar-refractivity contribution is 0.112. The highest BCUT2D eigenvalue weighted by atomic mass is 16.1. The molecule has 0 unspecified atom stereocenters. The second kappa shape index (κ2) is 5.27. The highest BCUT2D eigenvalue weighted by Crippen LogP contribution is 2.15. The van der Waals surface area contributed by atoms with Crippen LogP contribution in [0.2, 0.25) is 0 Å². The van der Waals surface area contributed by atoms with Crippen molar-refractivity contribution < 1.29 is 4.79 Å². The molecule has 0 aliphatic carbocycles. The summed E-state index contributed by atoms with van der Waals surface area (Å²) in [7, 11) is 0. The van der Waals surface area contributed by atoms with Gasteiger partial charge in [0.05, 0.1) is 0 Å². The van der Waals surface area contributed by atoms with E-state index in [1.807, 2.05) is 6.07 Å². The number of aromatic nitrogens is 1. The van der Waals surface area contributed by atoms with E-state index >= 15 is 0 Å². The molecule has 2 heterocycles. The minimum atomic E-state index is 0.603. The average molecular weight is 233 g/mol. The van der Waals surface area contributed by atoms with Crippen molar-refractivity contribution in [1.82, 2.24) is 9.88 Å². The third-order valence-corrected chi connectivity index (χ3v) is 3.27. The van der Waals surface area contributed by atoms with E-state index in [0.717, 1.165) is 38.3 Å². The Kier molecular flexibility index (Phi) is 3.74. The van der Waals surface area contributed by atoms with Crippen LogP contribution in [0.5, 0.6) is 0 Å². The van der Waals surface area contributed by atoms with Crippen molar-refractivity contribution in [3.05, 3.63) is 23.9 Å². The third-order valence-electron chi connectivity index (χ3n) is 3.27. The molecule has 4 nitrogen and oxygen atoms in total. The Morgan fingerprint density at radius 1 is 1.29 bits per heavy atom. The minimum absolute atomic E-state index is 0.603. The topological polar surface area (TPSA) is 36.4 Å². The van der Waals surface area contributed by atoms with Crippen LogP contribution in [-0.2, 0) is 0 Å². The molecule has 2 rings (SSSR count). The number of rotatable bonds is 3. The van der Waals surface area contributed by atoms with Crippen LogP contribution >= 0.6 is 0 Å². The van der Waals surface area contributed by atoms with E-state index in [1.165, 1.54) is 0 Å². The molecule has 92 valence electrons. The van der Waals surface area contributed by atoms with Crippen molar-refractivity contribution in [2.75, 3.05) is 31.1 Å². The Morgan fingerprint density at radius 2 is 2.00 bits per heavy atom. The first-order valence-electron chi connectivity index (χ1n) is 6.11. The quantitative estimate of drug-likeness (QED) is 0.740. The van der Waals surface area contributed by atoms with Crippen LogP contribution in [-0.4, -0.2) is 48.4 Å². The number of hydrogen-bond acceptors (Lipinski definition) is 4. The van der Waals surface area contributed by atoms with E-state index in [9.17, 15) is 4.79 Å². The van der Waals surface area contributed by atoms with Crippen molar-refractivity contribution in [2.45, 2.75) is 19.9 Å². The Morgan fingerprint density at radius 3 is 2.59 bits per heavy atom. The molecule has 0 bridgehead atoms. The van der Waals surface area contributed by atoms with Gasteiger partial charge in [0, 0.05) is 44.0 Å². The number of hydrogen-bond donors (Lipinski definition) is 0. The van der Waals surface area contributed by atoms with E-state index in [1.54, 1.807) is 12.3 Å². The zero-order valence-electron chi connectivity index (χ0n) is 10.5. The smallest absolute Gasteiger partial charge is 0.150 e. The number of nitrogens with zero attached hydrogens (tertiary/aromatic N) is 3. The second-order valence-electron chi connectivity index (χ2n) is 4.68. The van der Waals surface area contributed by atoms with Crippen LogP contribution in [0.1, 0.15) is 24.2 Å². The van der Waals surface area contributed by atoms with Crippen molar-refractivity contribution in [1.29, 1.82) is 0 Å². The van der Waals surface area contributed by atoms with E-state index in [4.69, 9.17) is 0 Å². The van der Waals surface area contributed by atoms with Gasteiger partial charge >= 0.3 is 0 Å². The van der Waals surface area contributed by atoms with Crippen LogP contribution in [0, 0.1) is 0 Å². The molecule has 4 heteroatoms. The van der Waals surface area contributed by atoms with Gasteiger partial charge in [0.15, 0.2) is 0 Å². The van der Waals surface area contributed by atoms with Gasteiger partial charge in [0.1, 0.15) is 12.1 Å². The number of carbonyl (C=O) groups is 1. The van der Waals surface area contributed by atoms with Crippen molar-refractivity contribution >= 4 is 12.1 Å². The van der Waals surface area contributed by atoms with Gasteiger partial charge < -0.3 is 4.90 Å². The Hall–Kier alpha value is -1.42. The maximum absolute atomic E-state index is 10.7. The molecule has 0 N–H and O–H groups in total. The van der Waals surface area contributed by atoms with Gasteiger partial charge in [-0.2, -0.15) is 0 Å². The van der Waals surface area contributed by atoms with E-state index in [2.05, 4.69) is 28.6 Å². The van der Waals surface area contributed by atoms with Gasteiger partial charge in [-0.3, -0.25) is 9.69 Å². The first-order chi connectivity index (χ1) is 8.20. The van der Waals surface area contributed by atoms with Crippen LogP contribution in [0.25, 0.3) is 0 Å². The molecule has 1 saturated heterocycles. The fourth-order valence-electron chi connectivity index (χ4n) is 2.15. The summed E-state index contributed by atoms with van der Waals surface area (Å²) in [6.45, 7) is 8.53. The maximum atomic E-state index is 10.7. The van der Waals surface area contributed by atoms with Gasteiger partial charge in [0.2, 0.25) is 0 Å². The highest BCUT2D eigenvalue weighted by Gasteiger charge is 2.19. The van der Waals surface area contributed by atoms with Gasteiger partial charge in [-0.25, -0.2) is 4.98 Å². The van der Waals surface area contributed by atoms with Crippen LogP contribution in [0.4, 0.5) is 5.82 Å². The molecular weight excluding hydrogens is 214 g/mol. The Balaban J connectivity index is 2.02. The molecule has 0 radical (unpaired) electrons. The molecule has 0 saturated carbocycles. The first kappa shape index (κ1) is 12.0. The summed E-state index contributed by atoms with van der Waals surface area (Å²) in [5.41, 5.74) is 0.696. The standard InChI is InChI=1S/C13H19N3O/c1-11(2)15-5-7-16(8-6-15)13-9-12(10-17)3-4-14-13/h3-4,9-11H,5-8H2,1-2H3. The molecule has 0 spiro atoms. The van der Waals surface area contributed by atoms with E-state index in [-0.39, 0.29) is 0 Å². The highest BCUT2D eigenvalue weighted by molar-refractivity contribution is 5.76. The van der Waals surface area contributed by atoms with Gasteiger partial charge in [0.25, 0.3) is 0 Å². The lowest BCUT2D eigenvalue weighted by Crippen LogP contribution is -2.49. The molecular formula is C13H19N3O. The first-order valence-corrected chi connectivity index (χ1v) is 6.11. The number of pyridine rings is 1. The fourth-order valence-corrected chi connectivity index (χ4v) is 2.15. The summed E-state index contributed by atoms with van der Waals surface area (Å²) in [4.78, 5) is 19.8. The molecule has 1 aliphatic rings. The monoisotopic (exact) mass is 233 g/mol. The lowest BCUT2D eigenvalue weighted by Gasteiger charge is -2.37. The fraction of sp³-hybridized carbons (Fsp3) is 0.538. The summed E-state index contributed by atoms with van der Waals surface area (Å²) < 4.78 is 0. The molecule has 17 heavy (non-hydrogen) atoms. The predicted molar refractivity (Wildman–Crippen MR) is 68.5 cm³/mol. The molecule has 0 atom stereocenters. The number of piperazine rings is 1. The molecule has 1 aromatic heterocycles. The van der Waals surface area contributed by atoms with Crippen LogP contribution in [0.3, 0.4) is 0 Å². The maximum Gasteiger partial charge on any atom is 0.150 e. The van der Waals surface area contributed by atoms with Gasteiger partial charge in [-0.1, -0.05) is 0 Å². The van der Waals surface area contributed by atoms with Gasteiger partial charge in [-0.05, 0) is 26.0 Å². The predicted octanol–water partition coefficient (Wildman–Crippen LogP) is 1.42. The third kappa shape index (κ3) is 2.82.